The molecule has 0 bridgehead atoms. The van der Waals surface area contributed by atoms with E-state index >= 15 is 0 Å². The number of thiazole rings is 1. The smallest absolute Gasteiger partial charge is 0.0893 e. The lowest BCUT2D eigenvalue weighted by Crippen LogP contribution is -1.56. The lowest BCUT2D eigenvalue weighted by molar-refractivity contribution is 1.30. The van der Waals surface area contributed by atoms with Crippen LogP contribution in [-0.4, -0.2) is 4.98 Å². The average molecular weight is 129 g/mol. The van der Waals surface area contributed by atoms with Gasteiger partial charge in [-0.1, -0.05) is 13.8 Å². The van der Waals surface area contributed by atoms with Crippen molar-refractivity contribution in [2.75, 3.05) is 0 Å². The molecule has 1 aromatic heterocycles. The first-order valence-electron chi connectivity index (χ1n) is 2.75. The Bertz CT molecular complexity index is 112. The monoisotopic (exact) mass is 129 g/mol. The Hall–Kier alpha value is -0.370. The van der Waals surface area contributed by atoms with Crippen LogP contribution in [-0.2, 0) is 0 Å². The van der Waals surface area contributed by atoms with Crippen LogP contribution in [0.25, 0.3) is 0 Å². The Morgan fingerprint density at radius 3 is 2.25 bits per heavy atom. The largest absolute Gasteiger partial charge is 0.250 e. The third-order valence-electron chi connectivity index (χ3n) is 0.556. The summed E-state index contributed by atoms with van der Waals surface area (Å²) < 4.78 is 0. The number of aromatic nitrogens is 1. The normalized spacial score (nSPS) is 7.38. The van der Waals surface area contributed by atoms with Crippen molar-refractivity contribution in [2.45, 2.75) is 20.8 Å². The number of rotatable bonds is 0. The van der Waals surface area contributed by atoms with E-state index in [0.717, 1.165) is 5.01 Å². The zero-order chi connectivity index (χ0) is 6.41. The summed E-state index contributed by atoms with van der Waals surface area (Å²) in [5.41, 5.74) is 0. The molecule has 0 aliphatic heterocycles. The summed E-state index contributed by atoms with van der Waals surface area (Å²) in [5.74, 6) is 0. The maximum atomic E-state index is 3.94. The molecule has 0 aliphatic rings. The van der Waals surface area contributed by atoms with Crippen molar-refractivity contribution in [1.29, 1.82) is 0 Å². The van der Waals surface area contributed by atoms with Crippen molar-refractivity contribution in [3.63, 3.8) is 0 Å². The lowest BCUT2D eigenvalue weighted by atomic mass is 10.8. The van der Waals surface area contributed by atoms with Crippen LogP contribution < -0.4 is 0 Å². The van der Waals surface area contributed by atoms with Gasteiger partial charge in [0.2, 0.25) is 0 Å². The first kappa shape index (κ1) is 7.63. The van der Waals surface area contributed by atoms with Crippen molar-refractivity contribution in [3.8, 4) is 0 Å². The van der Waals surface area contributed by atoms with E-state index in [2.05, 4.69) is 4.98 Å². The van der Waals surface area contributed by atoms with Gasteiger partial charge in [-0.3, -0.25) is 4.98 Å². The van der Waals surface area contributed by atoms with Crippen molar-refractivity contribution >= 4 is 11.3 Å². The molecule has 2 heteroatoms. The number of aryl methyl sites for hydroxylation is 1. The van der Waals surface area contributed by atoms with E-state index in [0.29, 0.717) is 0 Å². The highest BCUT2D eigenvalue weighted by atomic mass is 32.1. The van der Waals surface area contributed by atoms with Gasteiger partial charge in [0.05, 0.1) is 5.01 Å². The van der Waals surface area contributed by atoms with Crippen LogP contribution in [0.2, 0.25) is 0 Å². The summed E-state index contributed by atoms with van der Waals surface area (Å²) in [6.07, 6.45) is 1.81. The highest BCUT2D eigenvalue weighted by molar-refractivity contribution is 7.09. The van der Waals surface area contributed by atoms with E-state index < -0.39 is 0 Å². The van der Waals surface area contributed by atoms with Crippen LogP contribution >= 0.6 is 11.3 Å². The summed E-state index contributed by atoms with van der Waals surface area (Å²) in [6.45, 7) is 5.99. The van der Waals surface area contributed by atoms with Gasteiger partial charge < -0.3 is 0 Å². The molecule has 0 radical (unpaired) electrons. The molecule has 0 saturated carbocycles. The van der Waals surface area contributed by atoms with E-state index in [1.807, 2.05) is 26.2 Å². The van der Waals surface area contributed by atoms with Crippen LogP contribution in [0, 0.1) is 6.92 Å². The quantitative estimate of drug-likeness (QED) is 0.524. The van der Waals surface area contributed by atoms with Crippen LogP contribution in [0.3, 0.4) is 0 Å². The third kappa shape index (κ3) is 2.75. The second kappa shape index (κ2) is 4.78. The maximum absolute atomic E-state index is 3.94. The number of nitrogens with zero attached hydrogens (tertiary/aromatic N) is 1. The summed E-state index contributed by atoms with van der Waals surface area (Å²) >= 11 is 1.67. The molecule has 0 amide bonds. The van der Waals surface area contributed by atoms with Crippen LogP contribution in [0.4, 0.5) is 0 Å². The highest BCUT2D eigenvalue weighted by Crippen LogP contribution is 1.98. The first-order valence-corrected chi connectivity index (χ1v) is 3.63. The molecule has 0 saturated heterocycles. The first-order chi connectivity index (χ1) is 3.89. The van der Waals surface area contributed by atoms with Crippen molar-refractivity contribution in [1.82, 2.24) is 4.98 Å². The summed E-state index contributed by atoms with van der Waals surface area (Å²) in [4.78, 5) is 3.94. The van der Waals surface area contributed by atoms with E-state index in [1.54, 1.807) is 17.5 Å². The molecular formula is C6H11NS. The molecule has 0 aliphatic carbocycles. The van der Waals surface area contributed by atoms with E-state index in [4.69, 9.17) is 0 Å². The predicted molar refractivity (Wildman–Crippen MR) is 38.2 cm³/mol. The Morgan fingerprint density at radius 1 is 1.50 bits per heavy atom. The molecular weight excluding hydrogens is 118 g/mol. The van der Waals surface area contributed by atoms with E-state index in [9.17, 15) is 0 Å². The molecule has 0 atom stereocenters. The number of hydrogen-bond donors (Lipinski definition) is 0. The standard InChI is InChI=1S/C4H5NS.C2H6/c1-4-5-2-3-6-4;1-2/h2-3H,1H3;1-2H3. The minimum absolute atomic E-state index is 1.13. The summed E-state index contributed by atoms with van der Waals surface area (Å²) in [6, 6.07) is 0. The fourth-order valence-electron chi connectivity index (χ4n) is 0.295. The Morgan fingerprint density at radius 2 is 2.12 bits per heavy atom. The topological polar surface area (TPSA) is 12.9 Å². The maximum Gasteiger partial charge on any atom is 0.0893 e. The fourth-order valence-corrected chi connectivity index (χ4v) is 0.735. The predicted octanol–water partition coefficient (Wildman–Crippen LogP) is 2.48. The minimum Gasteiger partial charge on any atom is -0.250 e. The van der Waals surface area contributed by atoms with Gasteiger partial charge in [0.15, 0.2) is 0 Å². The average Bonchev–Trinajstić information content (AvgIpc) is 2.24. The molecule has 8 heavy (non-hydrogen) atoms. The van der Waals surface area contributed by atoms with Crippen molar-refractivity contribution in [2.24, 2.45) is 0 Å². The van der Waals surface area contributed by atoms with Gasteiger partial charge in [0.25, 0.3) is 0 Å². The molecule has 46 valence electrons. The van der Waals surface area contributed by atoms with Gasteiger partial charge in [-0.2, -0.15) is 0 Å². The lowest BCUT2D eigenvalue weighted by Gasteiger charge is -1.65. The van der Waals surface area contributed by atoms with Crippen LogP contribution in [0.5, 0.6) is 0 Å². The highest BCUT2D eigenvalue weighted by Gasteiger charge is 1.76. The summed E-state index contributed by atoms with van der Waals surface area (Å²) in [5, 5.41) is 3.10. The SMILES string of the molecule is CC.Cc1nccs1. The Balaban J connectivity index is 0.000000222. The van der Waals surface area contributed by atoms with Crippen molar-refractivity contribution < 1.29 is 0 Å². The zero-order valence-corrected chi connectivity index (χ0v) is 6.33. The van der Waals surface area contributed by atoms with E-state index in [-0.39, 0.29) is 0 Å². The fraction of sp³-hybridized carbons (Fsp3) is 0.500. The van der Waals surface area contributed by atoms with Gasteiger partial charge in [0, 0.05) is 11.6 Å². The van der Waals surface area contributed by atoms with Crippen molar-refractivity contribution in [3.05, 3.63) is 16.6 Å². The second-order valence-corrected chi connectivity index (χ2v) is 2.15. The Labute approximate surface area is 54.4 Å². The molecule has 1 heterocycles. The van der Waals surface area contributed by atoms with Gasteiger partial charge >= 0.3 is 0 Å². The third-order valence-corrected chi connectivity index (χ3v) is 1.26. The molecule has 0 unspecified atom stereocenters. The van der Waals surface area contributed by atoms with Gasteiger partial charge in [-0.15, -0.1) is 11.3 Å². The molecule has 0 spiro atoms. The minimum atomic E-state index is 1.13. The summed E-state index contributed by atoms with van der Waals surface area (Å²) in [7, 11) is 0. The molecule has 0 fully saturated rings. The molecule has 0 N–H and O–H groups in total. The van der Waals surface area contributed by atoms with Gasteiger partial charge in [-0.25, -0.2) is 0 Å². The molecule has 0 aromatic carbocycles. The van der Waals surface area contributed by atoms with Gasteiger partial charge in [-0.05, 0) is 6.92 Å². The van der Waals surface area contributed by atoms with E-state index in [1.165, 1.54) is 0 Å². The van der Waals surface area contributed by atoms with Crippen LogP contribution in [0.1, 0.15) is 18.9 Å². The number of hydrogen-bond acceptors (Lipinski definition) is 2. The Kier molecular flexibility index (Phi) is 4.56. The molecule has 1 rings (SSSR count). The van der Waals surface area contributed by atoms with Gasteiger partial charge in [0.1, 0.15) is 0 Å². The zero-order valence-electron chi connectivity index (χ0n) is 5.51. The van der Waals surface area contributed by atoms with Crippen LogP contribution in [0.15, 0.2) is 11.6 Å². The second-order valence-electron chi connectivity index (χ2n) is 1.05. The molecule has 1 nitrogen and oxygen atoms in total. The molecule has 1 aromatic rings.